The minimum Gasteiger partial charge on any atom is -0.340 e. The summed E-state index contributed by atoms with van der Waals surface area (Å²) in [6.07, 6.45) is 5.84. The second-order valence-electron chi connectivity index (χ2n) is 3.05. The van der Waals surface area contributed by atoms with Gasteiger partial charge in [0.05, 0.1) is 12.0 Å². The molecule has 1 aromatic rings. The molecule has 0 spiro atoms. The fourth-order valence-electron chi connectivity index (χ4n) is 0.972. The number of nitrogens with zero attached hydrogens (tertiary/aromatic N) is 2. The summed E-state index contributed by atoms with van der Waals surface area (Å²) in [6, 6.07) is 0.275. The van der Waals surface area contributed by atoms with Crippen LogP contribution < -0.4 is 5.73 Å². The first kappa shape index (κ1) is 8.27. The minimum absolute atomic E-state index is 0.275. The molecule has 2 N–H and O–H groups in total. The predicted molar refractivity (Wildman–Crippen MR) is 45.2 cm³/mol. The summed E-state index contributed by atoms with van der Waals surface area (Å²) in [5, 5.41) is 0. The Labute approximate surface area is 67.2 Å². The first-order valence-electron chi connectivity index (χ1n) is 3.91. The van der Waals surface area contributed by atoms with Gasteiger partial charge in [0.25, 0.3) is 0 Å². The van der Waals surface area contributed by atoms with Crippen LogP contribution in [0, 0.1) is 0 Å². The standard InChI is InChI=1S/C8H15N3/c1-7(9)3-4-8-5-11(2)6-10-8/h5-7H,3-4,9H2,1-2H3/t7-/m0/s1. The average Bonchev–Trinajstić information content (AvgIpc) is 2.31. The summed E-state index contributed by atoms with van der Waals surface area (Å²) in [5.41, 5.74) is 6.74. The Morgan fingerprint density at radius 3 is 2.91 bits per heavy atom. The zero-order valence-corrected chi connectivity index (χ0v) is 7.12. The molecule has 0 aliphatic carbocycles. The van der Waals surface area contributed by atoms with Gasteiger partial charge in [0.15, 0.2) is 0 Å². The third kappa shape index (κ3) is 2.72. The maximum absolute atomic E-state index is 5.61. The number of imidazole rings is 1. The molecule has 0 fully saturated rings. The molecule has 11 heavy (non-hydrogen) atoms. The SMILES string of the molecule is C[C@H](N)CCc1cn(C)cn1. The molecule has 0 bridgehead atoms. The summed E-state index contributed by atoms with van der Waals surface area (Å²) < 4.78 is 1.95. The lowest BCUT2D eigenvalue weighted by Crippen LogP contribution is -2.15. The van der Waals surface area contributed by atoms with Crippen molar-refractivity contribution in [3.63, 3.8) is 0 Å². The lowest BCUT2D eigenvalue weighted by Gasteiger charge is -2.00. The van der Waals surface area contributed by atoms with Gasteiger partial charge in [0.1, 0.15) is 0 Å². The van der Waals surface area contributed by atoms with E-state index < -0.39 is 0 Å². The molecule has 1 atom stereocenters. The maximum atomic E-state index is 5.61. The first-order chi connectivity index (χ1) is 5.18. The van der Waals surface area contributed by atoms with Gasteiger partial charge in [0, 0.05) is 19.3 Å². The van der Waals surface area contributed by atoms with Crippen molar-refractivity contribution in [1.29, 1.82) is 0 Å². The van der Waals surface area contributed by atoms with Crippen LogP contribution in [0.1, 0.15) is 19.0 Å². The van der Waals surface area contributed by atoms with E-state index in [1.165, 1.54) is 0 Å². The highest BCUT2D eigenvalue weighted by Crippen LogP contribution is 2.00. The van der Waals surface area contributed by atoms with Crippen LogP contribution in [0.3, 0.4) is 0 Å². The molecule has 0 aromatic carbocycles. The monoisotopic (exact) mass is 153 g/mol. The molecule has 0 aliphatic rings. The number of aromatic nitrogens is 2. The number of hydrogen-bond donors (Lipinski definition) is 1. The average molecular weight is 153 g/mol. The van der Waals surface area contributed by atoms with E-state index in [2.05, 4.69) is 4.98 Å². The summed E-state index contributed by atoms with van der Waals surface area (Å²) in [4.78, 5) is 4.20. The van der Waals surface area contributed by atoms with Crippen molar-refractivity contribution in [2.75, 3.05) is 0 Å². The van der Waals surface area contributed by atoms with Crippen LogP contribution in [-0.4, -0.2) is 15.6 Å². The molecule has 3 heteroatoms. The highest BCUT2D eigenvalue weighted by Gasteiger charge is 1.98. The van der Waals surface area contributed by atoms with Crippen LogP contribution >= 0.6 is 0 Å². The van der Waals surface area contributed by atoms with Crippen LogP contribution in [0.5, 0.6) is 0 Å². The Morgan fingerprint density at radius 1 is 1.73 bits per heavy atom. The zero-order valence-electron chi connectivity index (χ0n) is 7.12. The summed E-state index contributed by atoms with van der Waals surface area (Å²) in [7, 11) is 1.97. The van der Waals surface area contributed by atoms with E-state index >= 15 is 0 Å². The Bertz CT molecular complexity index is 215. The van der Waals surface area contributed by atoms with Gasteiger partial charge in [-0.25, -0.2) is 4.98 Å². The first-order valence-corrected chi connectivity index (χ1v) is 3.91. The Hall–Kier alpha value is -0.830. The zero-order chi connectivity index (χ0) is 8.27. The number of nitrogens with two attached hydrogens (primary N) is 1. The molecule has 3 nitrogen and oxygen atoms in total. The van der Waals surface area contributed by atoms with Gasteiger partial charge in [-0.1, -0.05) is 0 Å². The third-order valence-corrected chi connectivity index (χ3v) is 1.61. The van der Waals surface area contributed by atoms with E-state index in [0.717, 1.165) is 18.5 Å². The molecular formula is C8H15N3. The van der Waals surface area contributed by atoms with Gasteiger partial charge in [-0.2, -0.15) is 0 Å². The van der Waals surface area contributed by atoms with Gasteiger partial charge in [-0.05, 0) is 19.8 Å². The Kier molecular flexibility index (Phi) is 2.65. The van der Waals surface area contributed by atoms with Crippen molar-refractivity contribution >= 4 is 0 Å². The fourth-order valence-corrected chi connectivity index (χ4v) is 0.972. The molecule has 0 radical (unpaired) electrons. The van der Waals surface area contributed by atoms with Crippen LogP contribution in [0.4, 0.5) is 0 Å². The maximum Gasteiger partial charge on any atom is 0.0946 e. The number of aryl methyl sites for hydroxylation is 2. The summed E-state index contributed by atoms with van der Waals surface area (Å²) in [6.45, 7) is 2.02. The largest absolute Gasteiger partial charge is 0.340 e. The number of hydrogen-bond acceptors (Lipinski definition) is 2. The van der Waals surface area contributed by atoms with Crippen molar-refractivity contribution in [3.8, 4) is 0 Å². The van der Waals surface area contributed by atoms with E-state index in [1.54, 1.807) is 0 Å². The molecule has 1 rings (SSSR count). The molecule has 0 amide bonds. The van der Waals surface area contributed by atoms with Gasteiger partial charge in [0.2, 0.25) is 0 Å². The molecule has 0 aliphatic heterocycles. The molecule has 0 saturated heterocycles. The minimum atomic E-state index is 0.275. The molecule has 62 valence electrons. The van der Waals surface area contributed by atoms with Crippen molar-refractivity contribution in [3.05, 3.63) is 18.2 Å². The van der Waals surface area contributed by atoms with Crippen molar-refractivity contribution in [2.45, 2.75) is 25.8 Å². The highest BCUT2D eigenvalue weighted by molar-refractivity contribution is 4.96. The normalized spacial score (nSPS) is 13.4. The third-order valence-electron chi connectivity index (χ3n) is 1.61. The smallest absolute Gasteiger partial charge is 0.0946 e. The Balaban J connectivity index is 2.39. The van der Waals surface area contributed by atoms with Gasteiger partial charge < -0.3 is 10.3 Å². The van der Waals surface area contributed by atoms with Crippen molar-refractivity contribution in [2.24, 2.45) is 12.8 Å². The Morgan fingerprint density at radius 2 is 2.45 bits per heavy atom. The van der Waals surface area contributed by atoms with Crippen LogP contribution in [0.15, 0.2) is 12.5 Å². The molecule has 0 unspecified atom stereocenters. The highest BCUT2D eigenvalue weighted by atomic mass is 15.0. The van der Waals surface area contributed by atoms with E-state index in [-0.39, 0.29) is 6.04 Å². The van der Waals surface area contributed by atoms with Gasteiger partial charge >= 0.3 is 0 Å². The molecule has 0 saturated carbocycles. The predicted octanol–water partition coefficient (Wildman–Crippen LogP) is 0.700. The van der Waals surface area contributed by atoms with Gasteiger partial charge in [-0.15, -0.1) is 0 Å². The van der Waals surface area contributed by atoms with E-state index in [4.69, 9.17) is 5.73 Å². The second kappa shape index (κ2) is 3.53. The summed E-state index contributed by atoms with van der Waals surface area (Å²) >= 11 is 0. The molecule has 1 heterocycles. The lowest BCUT2D eigenvalue weighted by molar-refractivity contribution is 0.659. The van der Waals surface area contributed by atoms with Crippen molar-refractivity contribution < 1.29 is 0 Å². The van der Waals surface area contributed by atoms with Crippen LogP contribution in [-0.2, 0) is 13.5 Å². The second-order valence-corrected chi connectivity index (χ2v) is 3.05. The molecular weight excluding hydrogens is 138 g/mol. The topological polar surface area (TPSA) is 43.8 Å². The van der Waals surface area contributed by atoms with Crippen LogP contribution in [0.2, 0.25) is 0 Å². The van der Waals surface area contributed by atoms with Gasteiger partial charge in [-0.3, -0.25) is 0 Å². The fraction of sp³-hybridized carbons (Fsp3) is 0.625. The number of rotatable bonds is 3. The van der Waals surface area contributed by atoms with Crippen LogP contribution in [0.25, 0.3) is 0 Å². The van der Waals surface area contributed by atoms with E-state index in [1.807, 2.05) is 31.1 Å². The lowest BCUT2D eigenvalue weighted by atomic mass is 10.2. The quantitative estimate of drug-likeness (QED) is 0.694. The van der Waals surface area contributed by atoms with E-state index in [9.17, 15) is 0 Å². The summed E-state index contributed by atoms with van der Waals surface area (Å²) in [5.74, 6) is 0. The van der Waals surface area contributed by atoms with E-state index in [0.29, 0.717) is 0 Å². The molecule has 1 aromatic heterocycles. The van der Waals surface area contributed by atoms with Crippen molar-refractivity contribution in [1.82, 2.24) is 9.55 Å².